The fourth-order valence-corrected chi connectivity index (χ4v) is 4.26. The van der Waals surface area contributed by atoms with E-state index in [1.54, 1.807) is 0 Å². The van der Waals surface area contributed by atoms with E-state index >= 15 is 0 Å². The molecule has 1 aromatic carbocycles. The minimum absolute atomic E-state index is 0.0489. The first-order valence-corrected chi connectivity index (χ1v) is 10.7. The molecule has 2 aromatic rings. The largest absolute Gasteiger partial charge is 0.356 e. The molecule has 0 spiro atoms. The Bertz CT molecular complexity index is 800. The summed E-state index contributed by atoms with van der Waals surface area (Å²) in [5, 5.41) is 0. The fraction of sp³-hybridized carbons (Fsp3) is 0.522. The van der Waals surface area contributed by atoms with Crippen molar-refractivity contribution in [2.75, 3.05) is 31.1 Å². The van der Waals surface area contributed by atoms with Crippen LogP contribution in [0.1, 0.15) is 55.9 Å². The molecule has 0 saturated carbocycles. The van der Waals surface area contributed by atoms with E-state index in [9.17, 15) is 4.79 Å². The second-order valence-electron chi connectivity index (χ2n) is 8.20. The predicted molar refractivity (Wildman–Crippen MR) is 112 cm³/mol. The number of aromatic nitrogens is 2. The van der Waals surface area contributed by atoms with Gasteiger partial charge in [0.1, 0.15) is 11.5 Å². The molecule has 2 fully saturated rings. The van der Waals surface area contributed by atoms with E-state index in [-0.39, 0.29) is 5.91 Å². The predicted octanol–water partition coefficient (Wildman–Crippen LogP) is 4.40. The molecule has 2 saturated heterocycles. The summed E-state index contributed by atoms with van der Waals surface area (Å²) in [6, 6.07) is 11.9. The summed E-state index contributed by atoms with van der Waals surface area (Å²) in [5.74, 6) is 2.23. The van der Waals surface area contributed by atoms with Crippen molar-refractivity contribution < 1.29 is 4.79 Å². The van der Waals surface area contributed by atoms with E-state index in [1.807, 2.05) is 41.3 Å². The highest BCUT2D eigenvalue weighted by molar-refractivity contribution is 5.93. The number of amides is 1. The van der Waals surface area contributed by atoms with Crippen molar-refractivity contribution in [3.63, 3.8) is 0 Å². The topological polar surface area (TPSA) is 49.3 Å². The van der Waals surface area contributed by atoms with Crippen LogP contribution in [-0.4, -0.2) is 47.0 Å². The maximum Gasteiger partial charge on any atom is 0.272 e. The van der Waals surface area contributed by atoms with Crippen molar-refractivity contribution in [1.82, 2.24) is 14.9 Å². The summed E-state index contributed by atoms with van der Waals surface area (Å²) in [6.45, 7) is 5.93. The molecule has 0 N–H and O–H groups in total. The number of nitrogens with zero attached hydrogens (tertiary/aromatic N) is 4. The molecule has 3 heterocycles. The van der Waals surface area contributed by atoms with E-state index in [0.717, 1.165) is 50.4 Å². The lowest BCUT2D eigenvalue weighted by atomic mass is 10.0. The number of likely N-dealkylation sites (tertiary alicyclic amines) is 1. The normalized spacial score (nSPS) is 20.7. The second-order valence-corrected chi connectivity index (χ2v) is 8.20. The molecule has 1 unspecified atom stereocenters. The van der Waals surface area contributed by atoms with Gasteiger partial charge in [0.15, 0.2) is 5.82 Å². The Hall–Kier alpha value is -2.43. The Morgan fingerprint density at radius 3 is 2.43 bits per heavy atom. The summed E-state index contributed by atoms with van der Waals surface area (Å²) >= 11 is 0. The smallest absolute Gasteiger partial charge is 0.272 e. The van der Waals surface area contributed by atoms with E-state index in [1.165, 1.54) is 25.7 Å². The summed E-state index contributed by atoms with van der Waals surface area (Å²) in [7, 11) is 0. The van der Waals surface area contributed by atoms with Gasteiger partial charge in [0.25, 0.3) is 5.91 Å². The van der Waals surface area contributed by atoms with E-state index in [4.69, 9.17) is 9.97 Å². The molecule has 28 heavy (non-hydrogen) atoms. The monoisotopic (exact) mass is 378 g/mol. The molecular weight excluding hydrogens is 348 g/mol. The maximum atomic E-state index is 13.3. The summed E-state index contributed by atoms with van der Waals surface area (Å²) in [6.07, 6.45) is 7.01. The number of hydrogen-bond donors (Lipinski definition) is 0. The van der Waals surface area contributed by atoms with Gasteiger partial charge in [-0.05, 0) is 31.6 Å². The van der Waals surface area contributed by atoms with Crippen LogP contribution in [0.25, 0.3) is 11.4 Å². The van der Waals surface area contributed by atoms with E-state index in [2.05, 4.69) is 11.8 Å². The SMILES string of the molecule is CC1CCCN(c2cc(C(=O)N3CCCCCC3)nc(-c3ccccc3)n2)C1. The average molecular weight is 379 g/mol. The minimum atomic E-state index is 0.0489. The van der Waals surface area contributed by atoms with Gasteiger partial charge < -0.3 is 9.80 Å². The molecule has 2 aliphatic heterocycles. The highest BCUT2D eigenvalue weighted by Gasteiger charge is 2.24. The Morgan fingerprint density at radius 2 is 1.71 bits per heavy atom. The zero-order chi connectivity index (χ0) is 19.3. The van der Waals surface area contributed by atoms with Crippen LogP contribution in [-0.2, 0) is 0 Å². The number of carbonyl (C=O) groups excluding carboxylic acids is 1. The summed E-state index contributed by atoms with van der Waals surface area (Å²) < 4.78 is 0. The third kappa shape index (κ3) is 4.34. The minimum Gasteiger partial charge on any atom is -0.356 e. The molecule has 1 amide bonds. The van der Waals surface area contributed by atoms with Crippen LogP contribution >= 0.6 is 0 Å². The summed E-state index contributed by atoms with van der Waals surface area (Å²) in [4.78, 5) is 27.1. The lowest BCUT2D eigenvalue weighted by Crippen LogP contribution is -2.36. The molecule has 2 aliphatic rings. The average Bonchev–Trinajstić information content (AvgIpc) is 3.03. The molecule has 0 bridgehead atoms. The molecule has 5 nitrogen and oxygen atoms in total. The molecule has 1 aromatic heterocycles. The zero-order valence-electron chi connectivity index (χ0n) is 16.8. The van der Waals surface area contributed by atoms with Crippen LogP contribution < -0.4 is 4.90 Å². The first kappa shape index (κ1) is 18.9. The number of benzene rings is 1. The van der Waals surface area contributed by atoms with Gasteiger partial charge in [-0.1, -0.05) is 50.1 Å². The van der Waals surface area contributed by atoms with Gasteiger partial charge in [0, 0.05) is 37.8 Å². The van der Waals surface area contributed by atoms with Gasteiger partial charge in [0.2, 0.25) is 0 Å². The van der Waals surface area contributed by atoms with Gasteiger partial charge in [-0.2, -0.15) is 0 Å². The Kier molecular flexibility index (Phi) is 5.89. The number of piperidine rings is 1. The van der Waals surface area contributed by atoms with Gasteiger partial charge in [-0.25, -0.2) is 9.97 Å². The highest BCUT2D eigenvalue weighted by atomic mass is 16.2. The van der Waals surface area contributed by atoms with E-state index < -0.39 is 0 Å². The second kappa shape index (κ2) is 8.72. The van der Waals surface area contributed by atoms with Gasteiger partial charge in [-0.15, -0.1) is 0 Å². The van der Waals surface area contributed by atoms with Crippen LogP contribution in [0.5, 0.6) is 0 Å². The van der Waals surface area contributed by atoms with Crippen LogP contribution in [0.2, 0.25) is 0 Å². The maximum absolute atomic E-state index is 13.3. The number of carbonyl (C=O) groups is 1. The lowest BCUT2D eigenvalue weighted by molar-refractivity contribution is 0.0755. The van der Waals surface area contributed by atoms with Crippen LogP contribution in [0.4, 0.5) is 5.82 Å². The third-order valence-electron chi connectivity index (χ3n) is 5.84. The first-order chi connectivity index (χ1) is 13.7. The van der Waals surface area contributed by atoms with Gasteiger partial charge in [0.05, 0.1) is 0 Å². The van der Waals surface area contributed by atoms with Gasteiger partial charge >= 0.3 is 0 Å². The Labute approximate surface area is 167 Å². The molecule has 148 valence electrons. The van der Waals surface area contributed by atoms with Crippen molar-refractivity contribution >= 4 is 11.7 Å². The highest BCUT2D eigenvalue weighted by Crippen LogP contribution is 2.25. The Balaban J connectivity index is 1.70. The van der Waals surface area contributed by atoms with Crippen molar-refractivity contribution in [2.45, 2.75) is 45.4 Å². The van der Waals surface area contributed by atoms with Crippen molar-refractivity contribution in [3.8, 4) is 11.4 Å². The molecular formula is C23H30N4O. The zero-order valence-corrected chi connectivity index (χ0v) is 16.8. The fourth-order valence-electron chi connectivity index (χ4n) is 4.26. The molecule has 1 atom stereocenters. The van der Waals surface area contributed by atoms with E-state index in [0.29, 0.717) is 17.4 Å². The first-order valence-electron chi connectivity index (χ1n) is 10.7. The number of hydrogen-bond acceptors (Lipinski definition) is 4. The van der Waals surface area contributed by atoms with Crippen molar-refractivity contribution in [2.24, 2.45) is 5.92 Å². The Morgan fingerprint density at radius 1 is 0.964 bits per heavy atom. The molecule has 4 rings (SSSR count). The van der Waals surface area contributed by atoms with Crippen LogP contribution in [0, 0.1) is 5.92 Å². The van der Waals surface area contributed by atoms with Crippen molar-refractivity contribution in [3.05, 3.63) is 42.1 Å². The number of anilines is 1. The molecule has 0 aliphatic carbocycles. The molecule has 0 radical (unpaired) electrons. The lowest BCUT2D eigenvalue weighted by Gasteiger charge is -2.32. The molecule has 5 heteroatoms. The standard InChI is InChI=1S/C23H30N4O/c1-18-10-9-15-27(17-18)21-16-20(23(28)26-13-7-2-3-8-14-26)24-22(25-21)19-11-5-4-6-12-19/h4-6,11-12,16,18H,2-3,7-10,13-15,17H2,1H3. The van der Waals surface area contributed by atoms with Crippen LogP contribution in [0.15, 0.2) is 36.4 Å². The third-order valence-corrected chi connectivity index (χ3v) is 5.84. The quantitative estimate of drug-likeness (QED) is 0.794. The number of rotatable bonds is 3. The van der Waals surface area contributed by atoms with Crippen LogP contribution in [0.3, 0.4) is 0 Å². The van der Waals surface area contributed by atoms with Crippen molar-refractivity contribution in [1.29, 1.82) is 0 Å². The van der Waals surface area contributed by atoms with Gasteiger partial charge in [-0.3, -0.25) is 4.79 Å². The summed E-state index contributed by atoms with van der Waals surface area (Å²) in [5.41, 5.74) is 1.49.